The Morgan fingerprint density at radius 3 is 2.33 bits per heavy atom. The van der Waals surface area contributed by atoms with Crippen LogP contribution in [0.15, 0.2) is 30.3 Å². The zero-order chi connectivity index (χ0) is 11.5. The minimum absolute atomic E-state index is 0.412. The van der Waals surface area contributed by atoms with Crippen molar-refractivity contribution in [1.29, 1.82) is 0 Å². The molecule has 1 unspecified atom stereocenters. The van der Waals surface area contributed by atoms with Crippen molar-refractivity contribution in [3.05, 3.63) is 35.9 Å². The molecule has 0 aliphatic heterocycles. The summed E-state index contributed by atoms with van der Waals surface area (Å²) in [5, 5.41) is 9.60. The van der Waals surface area contributed by atoms with Crippen LogP contribution in [0, 0.1) is 0 Å². The first-order chi connectivity index (χ1) is 6.91. The van der Waals surface area contributed by atoms with E-state index in [1.165, 1.54) is 0 Å². The van der Waals surface area contributed by atoms with Gasteiger partial charge < -0.3 is 9.84 Å². The van der Waals surface area contributed by atoms with Crippen molar-refractivity contribution in [1.82, 2.24) is 0 Å². The lowest BCUT2D eigenvalue weighted by Gasteiger charge is -2.25. The Balaban J connectivity index is 2.65. The van der Waals surface area contributed by atoms with Crippen LogP contribution in [0.4, 0.5) is 0 Å². The molecule has 0 aliphatic carbocycles. The molecule has 3 heteroatoms. The van der Waals surface area contributed by atoms with E-state index in [9.17, 15) is 9.90 Å². The Bertz CT molecular complexity index is 324. The predicted octanol–water partition coefficient (Wildman–Crippen LogP) is 2.00. The predicted molar refractivity (Wildman–Crippen MR) is 57.6 cm³/mol. The molecule has 0 heterocycles. The van der Waals surface area contributed by atoms with Gasteiger partial charge in [-0.25, -0.2) is 4.79 Å². The van der Waals surface area contributed by atoms with Crippen molar-refractivity contribution < 1.29 is 14.6 Å². The van der Waals surface area contributed by atoms with Gasteiger partial charge in [-0.3, -0.25) is 0 Å². The highest BCUT2D eigenvalue weighted by atomic mass is 16.6. The van der Waals surface area contributed by atoms with Crippen LogP contribution in [-0.4, -0.2) is 22.8 Å². The SMILES string of the molecule is CC(OC(=O)c1ccccc1)C(C)(C)O. The fourth-order valence-corrected chi connectivity index (χ4v) is 0.947. The normalized spacial score (nSPS) is 13.3. The third kappa shape index (κ3) is 3.36. The minimum Gasteiger partial charge on any atom is -0.456 e. The Hall–Kier alpha value is -1.35. The molecule has 0 aliphatic rings. The first-order valence-corrected chi connectivity index (χ1v) is 4.89. The summed E-state index contributed by atoms with van der Waals surface area (Å²) in [4.78, 5) is 11.6. The number of ether oxygens (including phenoxy) is 1. The van der Waals surface area contributed by atoms with Crippen LogP contribution in [0.3, 0.4) is 0 Å². The third-order valence-corrected chi connectivity index (χ3v) is 2.29. The van der Waals surface area contributed by atoms with Gasteiger partial charge in [0, 0.05) is 0 Å². The molecule has 0 saturated heterocycles. The molecule has 0 aromatic heterocycles. The number of aliphatic hydroxyl groups is 1. The topological polar surface area (TPSA) is 46.5 Å². The fraction of sp³-hybridized carbons (Fsp3) is 0.417. The largest absolute Gasteiger partial charge is 0.456 e. The summed E-state index contributed by atoms with van der Waals surface area (Å²) in [6, 6.07) is 8.73. The molecule has 0 radical (unpaired) electrons. The fourth-order valence-electron chi connectivity index (χ4n) is 0.947. The van der Waals surface area contributed by atoms with Crippen LogP contribution in [0.2, 0.25) is 0 Å². The Labute approximate surface area is 89.7 Å². The smallest absolute Gasteiger partial charge is 0.338 e. The highest BCUT2D eigenvalue weighted by molar-refractivity contribution is 5.89. The second-order valence-corrected chi connectivity index (χ2v) is 4.07. The van der Waals surface area contributed by atoms with Gasteiger partial charge >= 0.3 is 5.97 Å². The maximum Gasteiger partial charge on any atom is 0.338 e. The molecule has 82 valence electrons. The summed E-state index contributed by atoms with van der Waals surface area (Å²) >= 11 is 0. The molecule has 1 rings (SSSR count). The number of hydrogen-bond donors (Lipinski definition) is 1. The summed E-state index contributed by atoms with van der Waals surface area (Å²) < 4.78 is 5.11. The maximum absolute atomic E-state index is 11.6. The molecule has 0 spiro atoms. The van der Waals surface area contributed by atoms with Gasteiger partial charge in [-0.15, -0.1) is 0 Å². The van der Waals surface area contributed by atoms with Crippen molar-refractivity contribution in [2.75, 3.05) is 0 Å². The van der Waals surface area contributed by atoms with Crippen molar-refractivity contribution in [2.24, 2.45) is 0 Å². The van der Waals surface area contributed by atoms with E-state index in [1.54, 1.807) is 45.0 Å². The second kappa shape index (κ2) is 4.45. The molecular formula is C12H16O3. The molecule has 0 saturated carbocycles. The van der Waals surface area contributed by atoms with Gasteiger partial charge in [-0.05, 0) is 32.9 Å². The van der Waals surface area contributed by atoms with E-state index in [-0.39, 0.29) is 0 Å². The quantitative estimate of drug-likeness (QED) is 0.773. The van der Waals surface area contributed by atoms with E-state index in [4.69, 9.17) is 4.74 Å². The molecule has 3 nitrogen and oxygen atoms in total. The summed E-state index contributed by atoms with van der Waals surface area (Å²) in [5.41, 5.74) is -0.529. The van der Waals surface area contributed by atoms with Crippen molar-refractivity contribution in [3.63, 3.8) is 0 Å². The molecular weight excluding hydrogens is 192 g/mol. The van der Waals surface area contributed by atoms with Crippen LogP contribution in [0.5, 0.6) is 0 Å². The van der Waals surface area contributed by atoms with E-state index < -0.39 is 17.7 Å². The van der Waals surface area contributed by atoms with Gasteiger partial charge in [0.05, 0.1) is 11.2 Å². The van der Waals surface area contributed by atoms with Crippen LogP contribution >= 0.6 is 0 Å². The number of benzene rings is 1. The molecule has 0 amide bonds. The molecule has 0 bridgehead atoms. The molecule has 1 atom stereocenters. The number of carbonyl (C=O) groups is 1. The van der Waals surface area contributed by atoms with Gasteiger partial charge in [0.1, 0.15) is 6.10 Å². The van der Waals surface area contributed by atoms with Gasteiger partial charge in [0.15, 0.2) is 0 Å². The lowest BCUT2D eigenvalue weighted by atomic mass is 10.0. The Morgan fingerprint density at radius 1 is 1.33 bits per heavy atom. The summed E-state index contributed by atoms with van der Waals surface area (Å²) in [6.45, 7) is 4.88. The number of carbonyl (C=O) groups excluding carboxylic acids is 1. The highest BCUT2D eigenvalue weighted by Crippen LogP contribution is 2.13. The number of rotatable bonds is 3. The van der Waals surface area contributed by atoms with Gasteiger partial charge in [0.25, 0.3) is 0 Å². The van der Waals surface area contributed by atoms with Crippen molar-refractivity contribution in [3.8, 4) is 0 Å². The second-order valence-electron chi connectivity index (χ2n) is 4.07. The minimum atomic E-state index is -1.02. The highest BCUT2D eigenvalue weighted by Gasteiger charge is 2.26. The van der Waals surface area contributed by atoms with E-state index in [0.29, 0.717) is 5.56 Å². The van der Waals surface area contributed by atoms with Crippen LogP contribution in [-0.2, 0) is 4.74 Å². The number of hydrogen-bond acceptors (Lipinski definition) is 3. The van der Waals surface area contributed by atoms with E-state index in [0.717, 1.165) is 0 Å². The molecule has 1 aromatic rings. The lowest BCUT2D eigenvalue weighted by molar-refractivity contribution is -0.0557. The van der Waals surface area contributed by atoms with Crippen LogP contribution in [0.1, 0.15) is 31.1 Å². The first-order valence-electron chi connectivity index (χ1n) is 4.89. The van der Waals surface area contributed by atoms with Gasteiger partial charge in [-0.2, -0.15) is 0 Å². The average Bonchev–Trinajstić information content (AvgIpc) is 2.17. The maximum atomic E-state index is 11.6. The first kappa shape index (κ1) is 11.7. The van der Waals surface area contributed by atoms with Crippen molar-refractivity contribution >= 4 is 5.97 Å². The molecule has 15 heavy (non-hydrogen) atoms. The zero-order valence-corrected chi connectivity index (χ0v) is 9.23. The molecule has 1 aromatic carbocycles. The van der Waals surface area contributed by atoms with Gasteiger partial charge in [0.2, 0.25) is 0 Å². The monoisotopic (exact) mass is 208 g/mol. The standard InChI is InChI=1S/C12H16O3/c1-9(12(2,3)14)15-11(13)10-7-5-4-6-8-10/h4-9,14H,1-3H3. The molecule has 1 N–H and O–H groups in total. The van der Waals surface area contributed by atoms with Crippen LogP contribution < -0.4 is 0 Å². The van der Waals surface area contributed by atoms with Crippen molar-refractivity contribution in [2.45, 2.75) is 32.5 Å². The summed E-state index contributed by atoms with van der Waals surface area (Å²) in [6.07, 6.45) is -0.537. The van der Waals surface area contributed by atoms with Crippen LogP contribution in [0.25, 0.3) is 0 Å². The average molecular weight is 208 g/mol. The third-order valence-electron chi connectivity index (χ3n) is 2.29. The Kier molecular flexibility index (Phi) is 3.48. The molecule has 0 fully saturated rings. The lowest BCUT2D eigenvalue weighted by Crippen LogP contribution is -2.37. The number of esters is 1. The Morgan fingerprint density at radius 2 is 1.87 bits per heavy atom. The van der Waals surface area contributed by atoms with Gasteiger partial charge in [-0.1, -0.05) is 18.2 Å². The van der Waals surface area contributed by atoms with E-state index in [2.05, 4.69) is 0 Å². The summed E-state index contributed by atoms with van der Waals surface area (Å²) in [5.74, 6) is -0.412. The van der Waals surface area contributed by atoms with E-state index >= 15 is 0 Å². The van der Waals surface area contributed by atoms with E-state index in [1.807, 2.05) is 6.07 Å². The zero-order valence-electron chi connectivity index (χ0n) is 9.23. The summed E-state index contributed by atoms with van der Waals surface area (Å²) in [7, 11) is 0.